The number of Topliss-reactive ketones (excluding diaryl/α,β-unsaturated/α-hetero) is 1. The van der Waals surface area contributed by atoms with Crippen molar-refractivity contribution in [1.82, 2.24) is 4.90 Å². The second kappa shape index (κ2) is 5.93. The van der Waals surface area contributed by atoms with Gasteiger partial charge in [0.05, 0.1) is 30.2 Å². The summed E-state index contributed by atoms with van der Waals surface area (Å²) in [6.45, 7) is 6.27. The fourth-order valence-corrected chi connectivity index (χ4v) is 3.03. The molecule has 0 unspecified atom stereocenters. The lowest BCUT2D eigenvalue weighted by atomic mass is 10.1. The van der Waals surface area contributed by atoms with E-state index in [1.165, 1.54) is 11.3 Å². The summed E-state index contributed by atoms with van der Waals surface area (Å²) in [6.07, 6.45) is -0.407. The van der Waals surface area contributed by atoms with Crippen LogP contribution in [0.3, 0.4) is 0 Å². The van der Waals surface area contributed by atoms with Gasteiger partial charge in [0.25, 0.3) is 0 Å². The van der Waals surface area contributed by atoms with E-state index in [1.807, 2.05) is 11.4 Å². The second-order valence-electron chi connectivity index (χ2n) is 4.61. The predicted molar refractivity (Wildman–Crippen MR) is 71.0 cm³/mol. The number of nitrogens with zero attached hydrogens (tertiary/aromatic N) is 1. The molecule has 1 aliphatic rings. The Labute approximate surface area is 111 Å². The molecule has 5 heteroatoms. The minimum absolute atomic E-state index is 0.0654. The van der Waals surface area contributed by atoms with E-state index >= 15 is 0 Å². The van der Waals surface area contributed by atoms with Crippen LogP contribution in [0.15, 0.2) is 11.4 Å². The molecule has 0 aliphatic carbocycles. The van der Waals surface area contributed by atoms with Gasteiger partial charge in [0.2, 0.25) is 0 Å². The van der Waals surface area contributed by atoms with E-state index in [-0.39, 0.29) is 11.8 Å². The van der Waals surface area contributed by atoms with Crippen molar-refractivity contribution >= 4 is 17.1 Å². The average molecular weight is 269 g/mol. The molecule has 1 aliphatic heterocycles. The van der Waals surface area contributed by atoms with Crippen molar-refractivity contribution in [3.8, 4) is 0 Å². The number of hydrogen-bond acceptors (Lipinski definition) is 5. The minimum Gasteiger partial charge on any atom is -0.389 e. The zero-order valence-electron chi connectivity index (χ0n) is 10.8. The first kappa shape index (κ1) is 13.7. The molecule has 2 heterocycles. The Hall–Kier alpha value is -0.750. The Morgan fingerprint density at radius 3 is 2.89 bits per heavy atom. The number of aliphatic hydroxyl groups is 1. The van der Waals surface area contributed by atoms with Crippen molar-refractivity contribution in [1.29, 1.82) is 0 Å². The van der Waals surface area contributed by atoms with Gasteiger partial charge in [0.1, 0.15) is 0 Å². The molecule has 1 aromatic heterocycles. The maximum absolute atomic E-state index is 11.3. The van der Waals surface area contributed by atoms with Gasteiger partial charge in [-0.05, 0) is 30.5 Å². The van der Waals surface area contributed by atoms with Crippen molar-refractivity contribution < 1.29 is 14.6 Å². The van der Waals surface area contributed by atoms with Gasteiger partial charge < -0.3 is 9.84 Å². The number of rotatable bonds is 5. The van der Waals surface area contributed by atoms with E-state index in [2.05, 4.69) is 11.8 Å². The van der Waals surface area contributed by atoms with Crippen LogP contribution in [0.4, 0.5) is 0 Å². The molecular weight excluding hydrogens is 250 g/mol. The normalized spacial score (nSPS) is 23.8. The highest BCUT2D eigenvalue weighted by Gasteiger charge is 2.30. The van der Waals surface area contributed by atoms with Gasteiger partial charge in [0.15, 0.2) is 5.78 Å². The summed E-state index contributed by atoms with van der Waals surface area (Å²) < 4.78 is 5.29. The molecule has 4 nitrogen and oxygen atoms in total. The monoisotopic (exact) mass is 269 g/mol. The maximum Gasteiger partial charge on any atom is 0.169 e. The Balaban J connectivity index is 2.03. The number of carbonyl (C=O) groups is 1. The fourth-order valence-electron chi connectivity index (χ4n) is 2.22. The molecule has 0 aromatic carbocycles. The molecule has 2 rings (SSSR count). The Bertz CT molecular complexity index is 418. The Morgan fingerprint density at radius 1 is 1.61 bits per heavy atom. The average Bonchev–Trinajstić information content (AvgIpc) is 2.95. The van der Waals surface area contributed by atoms with E-state index < -0.39 is 6.10 Å². The van der Waals surface area contributed by atoms with Gasteiger partial charge in [-0.2, -0.15) is 0 Å². The number of thiophene rings is 1. The molecule has 1 N–H and O–H groups in total. The fraction of sp³-hybridized carbons (Fsp3) is 0.615. The van der Waals surface area contributed by atoms with Crippen molar-refractivity contribution in [3.63, 3.8) is 0 Å². The molecule has 0 radical (unpaired) electrons. The number of carbonyl (C=O) groups excluding carboxylic acids is 1. The molecule has 0 bridgehead atoms. The lowest BCUT2D eigenvalue weighted by Crippen LogP contribution is -2.42. The summed E-state index contributed by atoms with van der Waals surface area (Å²) >= 11 is 1.48. The number of aliphatic hydroxyl groups excluding tert-OH is 1. The second-order valence-corrected chi connectivity index (χ2v) is 5.52. The zero-order valence-corrected chi connectivity index (χ0v) is 11.6. The lowest BCUT2D eigenvalue weighted by molar-refractivity contribution is 0.0808. The summed E-state index contributed by atoms with van der Waals surface area (Å²) in [4.78, 5) is 14.3. The highest BCUT2D eigenvalue weighted by molar-refractivity contribution is 7.12. The summed E-state index contributed by atoms with van der Waals surface area (Å²) in [6, 6.07) is 2.01. The third kappa shape index (κ3) is 2.98. The van der Waals surface area contributed by atoms with Crippen LogP contribution in [0.5, 0.6) is 0 Å². The highest BCUT2D eigenvalue weighted by atomic mass is 32.1. The predicted octanol–water partition coefficient (Wildman–Crippen LogP) is 1.53. The first-order chi connectivity index (χ1) is 8.61. The van der Waals surface area contributed by atoms with Crippen LogP contribution < -0.4 is 0 Å². The quantitative estimate of drug-likeness (QED) is 0.824. The summed E-state index contributed by atoms with van der Waals surface area (Å²) in [5.41, 5.74) is 1.13. The SMILES string of the molecule is CCN(Cc1csc(C(C)=O)c1)[C@@H]1COC[C@H]1O. The third-order valence-electron chi connectivity index (χ3n) is 3.28. The van der Waals surface area contributed by atoms with E-state index in [0.717, 1.165) is 23.5 Å². The largest absolute Gasteiger partial charge is 0.389 e. The van der Waals surface area contributed by atoms with Gasteiger partial charge in [-0.1, -0.05) is 6.92 Å². The van der Waals surface area contributed by atoms with Crippen LogP contribution in [0, 0.1) is 0 Å². The summed E-state index contributed by atoms with van der Waals surface area (Å²) in [5, 5.41) is 11.9. The van der Waals surface area contributed by atoms with Crippen LogP contribution >= 0.6 is 11.3 Å². The Kier molecular flexibility index (Phi) is 4.50. The number of hydrogen-bond donors (Lipinski definition) is 1. The van der Waals surface area contributed by atoms with Crippen molar-refractivity contribution in [3.05, 3.63) is 21.9 Å². The van der Waals surface area contributed by atoms with Gasteiger partial charge in [0, 0.05) is 6.54 Å². The molecule has 1 aromatic rings. The zero-order chi connectivity index (χ0) is 13.1. The standard InChI is InChI=1S/C13H19NO3S/c1-3-14(11-6-17-7-12(11)16)5-10-4-13(9(2)15)18-8-10/h4,8,11-12,16H,3,5-7H2,1-2H3/t11-,12-/m1/s1. The van der Waals surface area contributed by atoms with Gasteiger partial charge in [-0.15, -0.1) is 11.3 Å². The van der Waals surface area contributed by atoms with Crippen LogP contribution in [-0.4, -0.2) is 47.7 Å². The molecule has 0 saturated carbocycles. The van der Waals surface area contributed by atoms with Gasteiger partial charge in [-0.3, -0.25) is 9.69 Å². The third-order valence-corrected chi connectivity index (χ3v) is 4.36. The van der Waals surface area contributed by atoms with Crippen molar-refractivity contribution in [2.45, 2.75) is 32.5 Å². The maximum atomic E-state index is 11.3. The minimum atomic E-state index is -0.407. The van der Waals surface area contributed by atoms with Crippen molar-refractivity contribution in [2.75, 3.05) is 19.8 Å². The first-order valence-electron chi connectivity index (χ1n) is 6.20. The summed E-state index contributed by atoms with van der Waals surface area (Å²) in [7, 11) is 0. The topological polar surface area (TPSA) is 49.8 Å². The first-order valence-corrected chi connectivity index (χ1v) is 7.08. The van der Waals surface area contributed by atoms with E-state index in [0.29, 0.717) is 13.2 Å². The smallest absolute Gasteiger partial charge is 0.169 e. The van der Waals surface area contributed by atoms with Crippen LogP contribution in [0.25, 0.3) is 0 Å². The summed E-state index contributed by atoms with van der Waals surface area (Å²) in [5.74, 6) is 0.110. The molecule has 100 valence electrons. The molecule has 2 atom stereocenters. The molecule has 1 saturated heterocycles. The molecular formula is C13H19NO3S. The Morgan fingerprint density at radius 2 is 2.39 bits per heavy atom. The van der Waals surface area contributed by atoms with E-state index in [1.54, 1.807) is 6.92 Å². The molecule has 0 spiro atoms. The number of ether oxygens (including phenoxy) is 1. The number of ketones is 1. The van der Waals surface area contributed by atoms with E-state index in [4.69, 9.17) is 4.74 Å². The molecule has 1 fully saturated rings. The van der Waals surface area contributed by atoms with Crippen LogP contribution in [0.2, 0.25) is 0 Å². The van der Waals surface area contributed by atoms with Crippen LogP contribution in [0.1, 0.15) is 29.1 Å². The van der Waals surface area contributed by atoms with Crippen LogP contribution in [-0.2, 0) is 11.3 Å². The molecule has 0 amide bonds. The van der Waals surface area contributed by atoms with Crippen molar-refractivity contribution in [2.24, 2.45) is 0 Å². The van der Waals surface area contributed by atoms with Gasteiger partial charge >= 0.3 is 0 Å². The molecule has 18 heavy (non-hydrogen) atoms. The lowest BCUT2D eigenvalue weighted by Gasteiger charge is -2.28. The van der Waals surface area contributed by atoms with E-state index in [9.17, 15) is 9.90 Å². The highest BCUT2D eigenvalue weighted by Crippen LogP contribution is 2.20. The van der Waals surface area contributed by atoms with Gasteiger partial charge in [-0.25, -0.2) is 0 Å². The number of likely N-dealkylation sites (N-methyl/N-ethyl adjacent to an activating group) is 1.